The Labute approximate surface area is 196 Å². The number of nitrogens with one attached hydrogen (secondary N) is 1. The summed E-state index contributed by atoms with van der Waals surface area (Å²) in [6, 6.07) is 8.88. The molecule has 0 saturated carbocycles. The van der Waals surface area contributed by atoms with E-state index in [1.807, 2.05) is 32.9 Å². The monoisotopic (exact) mass is 460 g/mol. The summed E-state index contributed by atoms with van der Waals surface area (Å²) in [6.07, 6.45) is 6.28. The first-order chi connectivity index (χ1) is 16.5. The Bertz CT molecular complexity index is 1420. The van der Waals surface area contributed by atoms with Crippen molar-refractivity contribution in [3.63, 3.8) is 0 Å². The standard InChI is InChI=1S/C25H28N6O3/c1-4-12-30-20-14-19(28-22(20)24(33)31(13-5-2)25(30)34)17-9-10-21(27-16-17)29(6-3)23(32)18-8-7-11-26-15-18/h7-11,14-16,28H,4-6,12-13H2,1-3H3. The first kappa shape index (κ1) is 23.2. The molecule has 4 rings (SSSR count). The van der Waals surface area contributed by atoms with Gasteiger partial charge in [-0.3, -0.25) is 28.6 Å². The van der Waals surface area contributed by atoms with E-state index in [1.54, 1.807) is 40.1 Å². The van der Waals surface area contributed by atoms with E-state index in [2.05, 4.69) is 15.0 Å². The Hall–Kier alpha value is -4.01. The number of carbonyl (C=O) groups is 1. The van der Waals surface area contributed by atoms with Crippen LogP contribution in [0.25, 0.3) is 22.3 Å². The fourth-order valence-corrected chi connectivity index (χ4v) is 4.07. The van der Waals surface area contributed by atoms with Crippen molar-refractivity contribution < 1.29 is 4.79 Å². The normalized spacial score (nSPS) is 11.1. The molecular weight excluding hydrogens is 432 g/mol. The highest BCUT2D eigenvalue weighted by atomic mass is 16.2. The Morgan fingerprint density at radius 3 is 2.41 bits per heavy atom. The van der Waals surface area contributed by atoms with Gasteiger partial charge in [0.05, 0.1) is 11.1 Å². The van der Waals surface area contributed by atoms with Crippen LogP contribution in [0.3, 0.4) is 0 Å². The highest BCUT2D eigenvalue weighted by Gasteiger charge is 2.19. The van der Waals surface area contributed by atoms with Crippen molar-refractivity contribution in [1.82, 2.24) is 24.1 Å². The van der Waals surface area contributed by atoms with Gasteiger partial charge in [0.2, 0.25) is 0 Å². The summed E-state index contributed by atoms with van der Waals surface area (Å²) in [5.41, 5.74) is 2.32. The van der Waals surface area contributed by atoms with E-state index in [0.29, 0.717) is 54.2 Å². The number of aromatic nitrogens is 5. The van der Waals surface area contributed by atoms with Gasteiger partial charge in [-0.1, -0.05) is 13.8 Å². The Morgan fingerprint density at radius 2 is 1.79 bits per heavy atom. The molecule has 0 aromatic carbocycles. The van der Waals surface area contributed by atoms with Gasteiger partial charge in [-0.25, -0.2) is 9.78 Å². The number of pyridine rings is 2. The van der Waals surface area contributed by atoms with Gasteiger partial charge in [-0.15, -0.1) is 0 Å². The zero-order valence-electron chi connectivity index (χ0n) is 19.6. The van der Waals surface area contributed by atoms with E-state index in [0.717, 1.165) is 12.0 Å². The van der Waals surface area contributed by atoms with Crippen LogP contribution in [0.1, 0.15) is 44.0 Å². The van der Waals surface area contributed by atoms with Crippen molar-refractivity contribution in [1.29, 1.82) is 0 Å². The second-order valence-corrected chi connectivity index (χ2v) is 8.03. The lowest BCUT2D eigenvalue weighted by Crippen LogP contribution is -2.39. The highest BCUT2D eigenvalue weighted by Crippen LogP contribution is 2.24. The molecule has 0 spiro atoms. The summed E-state index contributed by atoms with van der Waals surface area (Å²) in [6.45, 7) is 7.17. The predicted octanol–water partition coefficient (Wildman–Crippen LogP) is 3.44. The van der Waals surface area contributed by atoms with Crippen LogP contribution in [-0.4, -0.2) is 36.5 Å². The molecule has 9 nitrogen and oxygen atoms in total. The van der Waals surface area contributed by atoms with Gasteiger partial charge in [-0.05, 0) is 50.1 Å². The molecule has 4 aromatic rings. The lowest BCUT2D eigenvalue weighted by atomic mass is 10.2. The van der Waals surface area contributed by atoms with Crippen LogP contribution in [-0.2, 0) is 13.1 Å². The van der Waals surface area contributed by atoms with E-state index >= 15 is 0 Å². The average molecular weight is 461 g/mol. The Kier molecular flexibility index (Phi) is 6.72. The third kappa shape index (κ3) is 4.16. The number of hydrogen-bond donors (Lipinski definition) is 1. The number of H-pyrrole nitrogens is 1. The average Bonchev–Trinajstić information content (AvgIpc) is 3.31. The Balaban J connectivity index is 1.73. The molecule has 0 aliphatic carbocycles. The van der Waals surface area contributed by atoms with Crippen LogP contribution in [0.5, 0.6) is 0 Å². The van der Waals surface area contributed by atoms with Gasteiger partial charge in [0.25, 0.3) is 11.5 Å². The molecule has 0 fully saturated rings. The fourth-order valence-electron chi connectivity index (χ4n) is 4.07. The van der Waals surface area contributed by atoms with Crippen molar-refractivity contribution in [2.45, 2.75) is 46.7 Å². The topological polar surface area (TPSA) is 106 Å². The molecular formula is C25H28N6O3. The first-order valence-electron chi connectivity index (χ1n) is 11.5. The van der Waals surface area contributed by atoms with Crippen molar-refractivity contribution in [2.75, 3.05) is 11.4 Å². The Morgan fingerprint density at radius 1 is 1.03 bits per heavy atom. The van der Waals surface area contributed by atoms with Crippen molar-refractivity contribution in [3.8, 4) is 11.3 Å². The van der Waals surface area contributed by atoms with E-state index in [-0.39, 0.29) is 17.2 Å². The summed E-state index contributed by atoms with van der Waals surface area (Å²) < 4.78 is 2.95. The maximum absolute atomic E-state index is 13.0. The van der Waals surface area contributed by atoms with Gasteiger partial charge >= 0.3 is 5.69 Å². The van der Waals surface area contributed by atoms with Crippen LogP contribution in [0, 0.1) is 0 Å². The molecule has 0 aliphatic heterocycles. The van der Waals surface area contributed by atoms with Crippen molar-refractivity contribution >= 4 is 22.8 Å². The highest BCUT2D eigenvalue weighted by molar-refractivity contribution is 6.05. The number of amides is 1. The smallest absolute Gasteiger partial charge is 0.331 e. The van der Waals surface area contributed by atoms with E-state index < -0.39 is 0 Å². The van der Waals surface area contributed by atoms with Crippen molar-refractivity contribution in [3.05, 3.63) is 75.3 Å². The second-order valence-electron chi connectivity index (χ2n) is 8.03. The van der Waals surface area contributed by atoms with Crippen LogP contribution >= 0.6 is 0 Å². The van der Waals surface area contributed by atoms with Crippen molar-refractivity contribution in [2.24, 2.45) is 0 Å². The zero-order valence-corrected chi connectivity index (χ0v) is 19.6. The largest absolute Gasteiger partial charge is 0.349 e. The van der Waals surface area contributed by atoms with Crippen LogP contribution in [0.15, 0.2) is 58.5 Å². The van der Waals surface area contributed by atoms with Gasteiger partial charge in [0, 0.05) is 49.5 Å². The van der Waals surface area contributed by atoms with E-state index in [4.69, 9.17) is 0 Å². The zero-order chi connectivity index (χ0) is 24.2. The minimum Gasteiger partial charge on any atom is -0.349 e. The second kappa shape index (κ2) is 9.86. The summed E-state index contributed by atoms with van der Waals surface area (Å²) in [5, 5.41) is 0. The maximum atomic E-state index is 13.0. The molecule has 0 saturated heterocycles. The molecule has 0 aliphatic rings. The van der Waals surface area contributed by atoms with Crippen LogP contribution in [0.2, 0.25) is 0 Å². The van der Waals surface area contributed by atoms with Gasteiger partial charge < -0.3 is 4.98 Å². The number of aryl methyl sites for hydroxylation is 1. The number of hydrogen-bond acceptors (Lipinski definition) is 5. The van der Waals surface area contributed by atoms with E-state index in [1.165, 1.54) is 10.8 Å². The maximum Gasteiger partial charge on any atom is 0.331 e. The lowest BCUT2D eigenvalue weighted by molar-refractivity contribution is 0.0987. The summed E-state index contributed by atoms with van der Waals surface area (Å²) in [5.74, 6) is 0.339. The number of carbonyl (C=O) groups excluding carboxylic acids is 1. The molecule has 34 heavy (non-hydrogen) atoms. The van der Waals surface area contributed by atoms with Crippen LogP contribution < -0.4 is 16.1 Å². The quantitative estimate of drug-likeness (QED) is 0.434. The van der Waals surface area contributed by atoms with Gasteiger partial charge in [0.1, 0.15) is 11.3 Å². The SMILES string of the molecule is CCCn1c(=O)c2[nH]c(-c3ccc(N(CC)C(=O)c4cccnc4)nc3)cc2n(CCC)c1=O. The predicted molar refractivity (Wildman–Crippen MR) is 132 cm³/mol. The number of nitrogens with zero attached hydrogens (tertiary/aromatic N) is 5. The molecule has 4 heterocycles. The number of fused-ring (bicyclic) bond motifs is 1. The molecule has 0 radical (unpaired) electrons. The molecule has 1 N–H and O–H groups in total. The summed E-state index contributed by atoms with van der Waals surface area (Å²) >= 11 is 0. The molecule has 0 unspecified atom stereocenters. The molecule has 1 amide bonds. The van der Waals surface area contributed by atoms with Crippen LogP contribution in [0.4, 0.5) is 5.82 Å². The first-order valence-corrected chi connectivity index (χ1v) is 11.5. The third-order valence-electron chi connectivity index (χ3n) is 5.71. The summed E-state index contributed by atoms with van der Waals surface area (Å²) in [7, 11) is 0. The number of aromatic amines is 1. The third-order valence-corrected chi connectivity index (χ3v) is 5.71. The lowest BCUT2D eigenvalue weighted by Gasteiger charge is -2.20. The minimum atomic E-state index is -0.316. The fraction of sp³-hybridized carbons (Fsp3) is 0.320. The number of rotatable bonds is 8. The molecule has 9 heteroatoms. The van der Waals surface area contributed by atoms with Gasteiger partial charge in [-0.2, -0.15) is 0 Å². The molecule has 176 valence electrons. The van der Waals surface area contributed by atoms with Gasteiger partial charge in [0.15, 0.2) is 0 Å². The molecule has 0 bridgehead atoms. The minimum absolute atomic E-state index is 0.179. The molecule has 0 atom stereocenters. The summed E-state index contributed by atoms with van der Waals surface area (Å²) in [4.78, 5) is 52.1. The molecule has 4 aromatic heterocycles. The van der Waals surface area contributed by atoms with E-state index in [9.17, 15) is 14.4 Å². The number of anilines is 1.